The molecule has 0 aliphatic carbocycles. The first-order valence-electron chi connectivity index (χ1n) is 7.92. The zero-order valence-corrected chi connectivity index (χ0v) is 14.8. The van der Waals surface area contributed by atoms with Crippen LogP contribution < -0.4 is 16.0 Å². The SMILES string of the molecule is COCC(=O)Nc1ccc(NC(=O)N[C@H](C)c2cc(C)oc2C)cc1. The zero-order chi connectivity index (χ0) is 18.4. The highest BCUT2D eigenvalue weighted by Gasteiger charge is 2.15. The van der Waals surface area contributed by atoms with E-state index >= 15 is 0 Å². The van der Waals surface area contributed by atoms with Gasteiger partial charge in [0.1, 0.15) is 18.1 Å². The van der Waals surface area contributed by atoms with Crippen molar-refractivity contribution >= 4 is 23.3 Å². The van der Waals surface area contributed by atoms with Crippen LogP contribution in [0.5, 0.6) is 0 Å². The van der Waals surface area contributed by atoms with Gasteiger partial charge in [0, 0.05) is 24.0 Å². The molecule has 3 amide bonds. The second-order valence-electron chi connectivity index (χ2n) is 5.75. The van der Waals surface area contributed by atoms with Gasteiger partial charge in [-0.05, 0) is 51.1 Å². The number of hydrogen-bond acceptors (Lipinski definition) is 4. The molecule has 0 unspecified atom stereocenters. The summed E-state index contributed by atoms with van der Waals surface area (Å²) in [5.41, 5.74) is 2.20. The number of ether oxygens (including phenoxy) is 1. The normalized spacial score (nSPS) is 11.7. The van der Waals surface area contributed by atoms with E-state index in [4.69, 9.17) is 9.15 Å². The average molecular weight is 345 g/mol. The van der Waals surface area contributed by atoms with Crippen LogP contribution in [0.3, 0.4) is 0 Å². The summed E-state index contributed by atoms with van der Waals surface area (Å²) in [5, 5.41) is 8.31. The van der Waals surface area contributed by atoms with Crippen LogP contribution in [0.2, 0.25) is 0 Å². The highest BCUT2D eigenvalue weighted by atomic mass is 16.5. The van der Waals surface area contributed by atoms with Crippen molar-refractivity contribution in [3.05, 3.63) is 47.4 Å². The van der Waals surface area contributed by atoms with Gasteiger partial charge in [-0.3, -0.25) is 4.79 Å². The van der Waals surface area contributed by atoms with Crippen molar-refractivity contribution in [1.82, 2.24) is 5.32 Å². The molecule has 0 fully saturated rings. The number of methoxy groups -OCH3 is 1. The standard InChI is InChI=1S/C18H23N3O4/c1-11-9-16(13(3)25-11)12(2)19-18(23)21-15-7-5-14(6-8-15)20-17(22)10-24-4/h5-9,12H,10H2,1-4H3,(H,20,22)(H2,19,21,23)/t12-/m1/s1. The number of urea groups is 1. The molecule has 2 aromatic rings. The fraction of sp³-hybridized carbons (Fsp3) is 0.333. The quantitative estimate of drug-likeness (QED) is 0.748. The molecule has 7 nitrogen and oxygen atoms in total. The fourth-order valence-electron chi connectivity index (χ4n) is 2.49. The Labute approximate surface area is 146 Å². The molecule has 1 atom stereocenters. The van der Waals surface area contributed by atoms with Crippen molar-refractivity contribution in [1.29, 1.82) is 0 Å². The van der Waals surface area contributed by atoms with E-state index in [1.54, 1.807) is 24.3 Å². The maximum atomic E-state index is 12.1. The van der Waals surface area contributed by atoms with Crippen molar-refractivity contribution in [3.63, 3.8) is 0 Å². The molecular formula is C18H23N3O4. The van der Waals surface area contributed by atoms with Crippen LogP contribution in [-0.4, -0.2) is 25.7 Å². The summed E-state index contributed by atoms with van der Waals surface area (Å²) in [6.07, 6.45) is 0. The maximum absolute atomic E-state index is 12.1. The van der Waals surface area contributed by atoms with E-state index in [1.807, 2.05) is 26.8 Å². The number of carbonyl (C=O) groups excluding carboxylic acids is 2. The molecule has 134 valence electrons. The number of hydrogen-bond donors (Lipinski definition) is 3. The third-order valence-corrected chi connectivity index (χ3v) is 3.60. The van der Waals surface area contributed by atoms with E-state index in [9.17, 15) is 9.59 Å². The van der Waals surface area contributed by atoms with Crippen molar-refractivity contribution in [3.8, 4) is 0 Å². The third kappa shape index (κ3) is 5.36. The van der Waals surface area contributed by atoms with Crippen LogP contribution in [-0.2, 0) is 9.53 Å². The summed E-state index contributed by atoms with van der Waals surface area (Å²) < 4.78 is 10.2. The van der Waals surface area contributed by atoms with Gasteiger partial charge in [0.2, 0.25) is 5.91 Å². The van der Waals surface area contributed by atoms with E-state index in [-0.39, 0.29) is 24.6 Å². The van der Waals surface area contributed by atoms with Gasteiger partial charge in [-0.15, -0.1) is 0 Å². The lowest BCUT2D eigenvalue weighted by molar-refractivity contribution is -0.119. The number of anilines is 2. The first kappa shape index (κ1) is 18.5. The molecular weight excluding hydrogens is 322 g/mol. The second-order valence-corrected chi connectivity index (χ2v) is 5.75. The van der Waals surface area contributed by atoms with E-state index in [1.165, 1.54) is 7.11 Å². The van der Waals surface area contributed by atoms with E-state index in [0.717, 1.165) is 17.1 Å². The maximum Gasteiger partial charge on any atom is 0.319 e. The van der Waals surface area contributed by atoms with Gasteiger partial charge in [-0.2, -0.15) is 0 Å². The van der Waals surface area contributed by atoms with E-state index in [0.29, 0.717) is 11.4 Å². The van der Waals surface area contributed by atoms with Crippen molar-refractivity contribution < 1.29 is 18.7 Å². The first-order chi connectivity index (χ1) is 11.9. The number of carbonyl (C=O) groups is 2. The highest BCUT2D eigenvalue weighted by molar-refractivity contribution is 5.93. The molecule has 25 heavy (non-hydrogen) atoms. The van der Waals surface area contributed by atoms with Gasteiger partial charge in [0.25, 0.3) is 0 Å². The van der Waals surface area contributed by atoms with Gasteiger partial charge in [0.05, 0.1) is 6.04 Å². The Bertz CT molecular complexity index is 737. The summed E-state index contributed by atoms with van der Waals surface area (Å²) >= 11 is 0. The van der Waals surface area contributed by atoms with Crippen LogP contribution in [0.15, 0.2) is 34.7 Å². The summed E-state index contributed by atoms with van der Waals surface area (Å²) in [6, 6.07) is 8.25. The Hall–Kier alpha value is -2.80. The van der Waals surface area contributed by atoms with Crippen LogP contribution in [0.1, 0.15) is 30.0 Å². The lowest BCUT2D eigenvalue weighted by Crippen LogP contribution is -2.31. The summed E-state index contributed by atoms with van der Waals surface area (Å²) in [7, 11) is 1.46. The fourth-order valence-corrected chi connectivity index (χ4v) is 2.49. The molecule has 2 rings (SSSR count). The Balaban J connectivity index is 1.90. The number of amides is 3. The molecule has 0 bridgehead atoms. The van der Waals surface area contributed by atoms with Crippen molar-refractivity contribution in [2.45, 2.75) is 26.8 Å². The monoisotopic (exact) mass is 345 g/mol. The molecule has 7 heteroatoms. The molecule has 1 aromatic carbocycles. The minimum Gasteiger partial charge on any atom is -0.466 e. The molecule has 0 radical (unpaired) electrons. The zero-order valence-electron chi connectivity index (χ0n) is 14.8. The van der Waals surface area contributed by atoms with Crippen molar-refractivity contribution in [2.75, 3.05) is 24.4 Å². The number of aryl methyl sites for hydroxylation is 2. The van der Waals surface area contributed by atoms with Gasteiger partial charge in [0.15, 0.2) is 0 Å². The summed E-state index contributed by atoms with van der Waals surface area (Å²) in [5.74, 6) is 1.37. The second kappa shape index (κ2) is 8.34. The van der Waals surface area contributed by atoms with Gasteiger partial charge in [-0.1, -0.05) is 0 Å². The topological polar surface area (TPSA) is 92.6 Å². The van der Waals surface area contributed by atoms with Crippen molar-refractivity contribution in [2.24, 2.45) is 0 Å². The number of furan rings is 1. The Morgan fingerprint density at radius 2 is 1.72 bits per heavy atom. The minimum absolute atomic E-state index is 0.00675. The third-order valence-electron chi connectivity index (χ3n) is 3.60. The van der Waals surface area contributed by atoms with E-state index in [2.05, 4.69) is 16.0 Å². The molecule has 0 aliphatic rings. The highest BCUT2D eigenvalue weighted by Crippen LogP contribution is 2.21. The number of benzene rings is 1. The van der Waals surface area contributed by atoms with Crippen LogP contribution in [0.25, 0.3) is 0 Å². The van der Waals surface area contributed by atoms with Gasteiger partial charge >= 0.3 is 6.03 Å². The largest absolute Gasteiger partial charge is 0.466 e. The van der Waals surface area contributed by atoms with Crippen LogP contribution in [0, 0.1) is 13.8 Å². The van der Waals surface area contributed by atoms with Gasteiger partial charge < -0.3 is 25.1 Å². The molecule has 3 N–H and O–H groups in total. The molecule has 0 saturated heterocycles. The molecule has 0 spiro atoms. The Morgan fingerprint density at radius 1 is 1.12 bits per heavy atom. The predicted molar refractivity (Wildman–Crippen MR) is 95.7 cm³/mol. The smallest absolute Gasteiger partial charge is 0.319 e. The minimum atomic E-state index is -0.318. The predicted octanol–water partition coefficient (Wildman–Crippen LogP) is 3.36. The molecule has 0 saturated carbocycles. The first-order valence-corrected chi connectivity index (χ1v) is 7.92. The Morgan fingerprint density at radius 3 is 2.24 bits per heavy atom. The molecule has 0 aliphatic heterocycles. The molecule has 1 heterocycles. The van der Waals surface area contributed by atoms with Crippen LogP contribution >= 0.6 is 0 Å². The summed E-state index contributed by atoms with van der Waals surface area (Å²) in [4.78, 5) is 23.6. The lowest BCUT2D eigenvalue weighted by atomic mass is 10.1. The Kier molecular flexibility index (Phi) is 6.19. The van der Waals surface area contributed by atoms with E-state index < -0.39 is 0 Å². The summed E-state index contributed by atoms with van der Waals surface area (Å²) in [6.45, 7) is 5.63. The average Bonchev–Trinajstić information content (AvgIpc) is 2.88. The number of rotatable bonds is 6. The van der Waals surface area contributed by atoms with Crippen LogP contribution in [0.4, 0.5) is 16.2 Å². The lowest BCUT2D eigenvalue weighted by Gasteiger charge is -2.14. The molecule has 1 aromatic heterocycles. The van der Waals surface area contributed by atoms with Gasteiger partial charge in [-0.25, -0.2) is 4.79 Å². The number of nitrogens with one attached hydrogen (secondary N) is 3.